The second kappa shape index (κ2) is 6.64. The lowest BCUT2D eigenvalue weighted by Crippen LogP contribution is -2.14. The Balaban J connectivity index is 1.77. The first-order chi connectivity index (χ1) is 11.8. The Labute approximate surface area is 145 Å². The fraction of sp³-hybridized carbons (Fsp3) is 0.118. The number of thiazole rings is 1. The number of hydrogen-bond donors (Lipinski definition) is 1. The summed E-state index contributed by atoms with van der Waals surface area (Å²) >= 11 is 1.52. The molecule has 8 heteroatoms. The Hall–Kier alpha value is -2.74. The van der Waals surface area contributed by atoms with Gasteiger partial charge in [0.25, 0.3) is 5.91 Å². The molecule has 0 saturated carbocycles. The Morgan fingerprint density at radius 2 is 2.00 bits per heavy atom. The third-order valence-corrected chi connectivity index (χ3v) is 4.12. The van der Waals surface area contributed by atoms with E-state index < -0.39 is 17.8 Å². The van der Waals surface area contributed by atoms with Gasteiger partial charge in [-0.3, -0.25) is 9.78 Å². The second-order valence-electron chi connectivity index (χ2n) is 5.22. The SMILES string of the molecule is Cc1nc(-c2cccc(NC(=O)c3ccc(C(F)(F)F)nc3)c2)cs1. The highest BCUT2D eigenvalue weighted by Crippen LogP contribution is 2.27. The number of nitrogens with one attached hydrogen (secondary N) is 1. The highest BCUT2D eigenvalue weighted by atomic mass is 32.1. The van der Waals surface area contributed by atoms with E-state index in [4.69, 9.17) is 0 Å². The van der Waals surface area contributed by atoms with Gasteiger partial charge in [-0.15, -0.1) is 11.3 Å². The molecule has 128 valence electrons. The number of nitrogens with zero attached hydrogens (tertiary/aromatic N) is 2. The summed E-state index contributed by atoms with van der Waals surface area (Å²) in [4.78, 5) is 19.8. The minimum atomic E-state index is -4.53. The largest absolute Gasteiger partial charge is 0.433 e. The zero-order chi connectivity index (χ0) is 18.0. The predicted octanol–water partition coefficient (Wildman–Crippen LogP) is 4.78. The molecule has 0 radical (unpaired) electrons. The monoisotopic (exact) mass is 363 g/mol. The summed E-state index contributed by atoms with van der Waals surface area (Å²) in [7, 11) is 0. The van der Waals surface area contributed by atoms with Crippen LogP contribution in [0.15, 0.2) is 48.0 Å². The van der Waals surface area contributed by atoms with Gasteiger partial charge >= 0.3 is 6.18 Å². The highest BCUT2D eigenvalue weighted by molar-refractivity contribution is 7.09. The van der Waals surface area contributed by atoms with Crippen molar-refractivity contribution in [2.75, 3.05) is 5.32 Å². The summed E-state index contributed by atoms with van der Waals surface area (Å²) in [6, 6.07) is 8.96. The van der Waals surface area contributed by atoms with E-state index in [1.165, 1.54) is 11.3 Å². The number of alkyl halides is 3. The molecule has 1 aromatic carbocycles. The molecule has 4 nitrogen and oxygen atoms in total. The van der Waals surface area contributed by atoms with Crippen LogP contribution in [0.4, 0.5) is 18.9 Å². The van der Waals surface area contributed by atoms with Crippen LogP contribution >= 0.6 is 11.3 Å². The van der Waals surface area contributed by atoms with Crippen LogP contribution in [0.3, 0.4) is 0 Å². The number of anilines is 1. The van der Waals surface area contributed by atoms with Crippen molar-refractivity contribution in [1.82, 2.24) is 9.97 Å². The van der Waals surface area contributed by atoms with Crippen LogP contribution in [-0.2, 0) is 6.18 Å². The molecule has 0 aliphatic heterocycles. The number of pyridine rings is 1. The van der Waals surface area contributed by atoms with Crippen molar-refractivity contribution in [3.63, 3.8) is 0 Å². The quantitative estimate of drug-likeness (QED) is 0.728. The predicted molar refractivity (Wildman–Crippen MR) is 89.5 cm³/mol. The molecule has 25 heavy (non-hydrogen) atoms. The molecule has 0 atom stereocenters. The van der Waals surface area contributed by atoms with Gasteiger partial charge in [0, 0.05) is 22.8 Å². The first kappa shape index (κ1) is 17.1. The second-order valence-corrected chi connectivity index (χ2v) is 6.28. The first-order valence-electron chi connectivity index (χ1n) is 7.20. The number of rotatable bonds is 3. The van der Waals surface area contributed by atoms with E-state index in [1.807, 2.05) is 18.4 Å². The number of carbonyl (C=O) groups excluding carboxylic acids is 1. The molecule has 1 amide bonds. The third-order valence-electron chi connectivity index (χ3n) is 3.35. The van der Waals surface area contributed by atoms with E-state index in [1.54, 1.807) is 18.2 Å². The zero-order valence-electron chi connectivity index (χ0n) is 13.0. The third kappa shape index (κ3) is 4.03. The number of amides is 1. The summed E-state index contributed by atoms with van der Waals surface area (Å²) in [5, 5.41) is 5.49. The van der Waals surface area contributed by atoms with Gasteiger partial charge in [-0.1, -0.05) is 12.1 Å². The number of carbonyl (C=O) groups is 1. The fourth-order valence-electron chi connectivity index (χ4n) is 2.15. The van der Waals surface area contributed by atoms with Gasteiger partial charge in [0.2, 0.25) is 0 Å². The molecule has 0 spiro atoms. The van der Waals surface area contributed by atoms with Crippen LogP contribution in [0.25, 0.3) is 11.3 Å². The average Bonchev–Trinajstić information content (AvgIpc) is 3.01. The van der Waals surface area contributed by atoms with Gasteiger partial charge in [0.15, 0.2) is 0 Å². The zero-order valence-corrected chi connectivity index (χ0v) is 13.8. The number of aromatic nitrogens is 2. The van der Waals surface area contributed by atoms with Gasteiger partial charge in [-0.2, -0.15) is 13.2 Å². The molecule has 0 aliphatic rings. The normalized spacial score (nSPS) is 11.4. The van der Waals surface area contributed by atoms with E-state index in [0.717, 1.165) is 34.6 Å². The standard InChI is InChI=1S/C17H12F3N3OS/c1-10-22-14(9-25-10)11-3-2-4-13(7-11)23-16(24)12-5-6-15(21-8-12)17(18,19)20/h2-9H,1H3,(H,23,24). The van der Waals surface area contributed by atoms with Crippen LogP contribution in [0.5, 0.6) is 0 Å². The maximum Gasteiger partial charge on any atom is 0.433 e. The molecular weight excluding hydrogens is 351 g/mol. The van der Waals surface area contributed by atoms with E-state index in [9.17, 15) is 18.0 Å². The highest BCUT2D eigenvalue weighted by Gasteiger charge is 2.32. The summed E-state index contributed by atoms with van der Waals surface area (Å²) in [6.07, 6.45) is -3.62. The Morgan fingerprint density at radius 1 is 1.20 bits per heavy atom. The average molecular weight is 363 g/mol. The number of halogens is 3. The van der Waals surface area contributed by atoms with Crippen molar-refractivity contribution >= 4 is 22.9 Å². The molecule has 0 unspecified atom stereocenters. The molecule has 0 fully saturated rings. The number of aryl methyl sites for hydroxylation is 1. The van der Waals surface area contributed by atoms with E-state index in [0.29, 0.717) is 5.69 Å². The molecule has 0 aliphatic carbocycles. The molecule has 0 bridgehead atoms. The summed E-state index contributed by atoms with van der Waals surface area (Å²) < 4.78 is 37.5. The van der Waals surface area contributed by atoms with Crippen LogP contribution in [0.2, 0.25) is 0 Å². The Kier molecular flexibility index (Phi) is 4.54. The minimum absolute atomic E-state index is 0.0444. The topological polar surface area (TPSA) is 54.9 Å². The summed E-state index contributed by atoms with van der Waals surface area (Å²) in [5.41, 5.74) is 1.17. The van der Waals surface area contributed by atoms with Crippen molar-refractivity contribution in [3.8, 4) is 11.3 Å². The Bertz CT molecular complexity index is 904. The lowest BCUT2D eigenvalue weighted by molar-refractivity contribution is -0.141. The van der Waals surface area contributed by atoms with Gasteiger partial charge in [0.1, 0.15) is 5.69 Å². The molecule has 2 heterocycles. The maximum absolute atomic E-state index is 12.5. The number of benzene rings is 1. The molecule has 0 saturated heterocycles. The lowest BCUT2D eigenvalue weighted by atomic mass is 10.1. The van der Waals surface area contributed by atoms with Crippen LogP contribution in [0.1, 0.15) is 21.1 Å². The van der Waals surface area contributed by atoms with Crippen LogP contribution < -0.4 is 5.32 Å². The fourth-order valence-corrected chi connectivity index (χ4v) is 2.77. The molecule has 3 aromatic rings. The maximum atomic E-state index is 12.5. The molecule has 3 rings (SSSR count). The summed E-state index contributed by atoms with van der Waals surface area (Å²) in [6.45, 7) is 1.90. The van der Waals surface area contributed by atoms with E-state index in [-0.39, 0.29) is 5.56 Å². The number of hydrogen-bond acceptors (Lipinski definition) is 4. The van der Waals surface area contributed by atoms with Crippen molar-refractivity contribution in [2.45, 2.75) is 13.1 Å². The van der Waals surface area contributed by atoms with Gasteiger partial charge in [-0.25, -0.2) is 4.98 Å². The minimum Gasteiger partial charge on any atom is -0.322 e. The molecular formula is C17H12F3N3OS. The molecule has 2 aromatic heterocycles. The van der Waals surface area contributed by atoms with Gasteiger partial charge in [-0.05, 0) is 31.2 Å². The van der Waals surface area contributed by atoms with Crippen LogP contribution in [0, 0.1) is 6.92 Å². The van der Waals surface area contributed by atoms with E-state index in [2.05, 4.69) is 15.3 Å². The van der Waals surface area contributed by atoms with E-state index >= 15 is 0 Å². The van der Waals surface area contributed by atoms with Crippen molar-refractivity contribution in [1.29, 1.82) is 0 Å². The van der Waals surface area contributed by atoms with Crippen molar-refractivity contribution in [2.24, 2.45) is 0 Å². The molecule has 1 N–H and O–H groups in total. The van der Waals surface area contributed by atoms with Crippen molar-refractivity contribution < 1.29 is 18.0 Å². The van der Waals surface area contributed by atoms with Crippen molar-refractivity contribution in [3.05, 3.63) is 64.2 Å². The smallest absolute Gasteiger partial charge is 0.322 e. The Morgan fingerprint density at radius 3 is 2.60 bits per heavy atom. The summed E-state index contributed by atoms with van der Waals surface area (Å²) in [5.74, 6) is -0.534. The van der Waals surface area contributed by atoms with Gasteiger partial charge < -0.3 is 5.32 Å². The van der Waals surface area contributed by atoms with Crippen LogP contribution in [-0.4, -0.2) is 15.9 Å². The van der Waals surface area contributed by atoms with Gasteiger partial charge in [0.05, 0.1) is 16.3 Å². The first-order valence-corrected chi connectivity index (χ1v) is 8.08. The lowest BCUT2D eigenvalue weighted by Gasteiger charge is -2.08.